The Bertz CT molecular complexity index is 1030. The molecule has 0 saturated carbocycles. The standard InChI is InChI=1S/C23H24N2O4/c1-15-8-10-20(12-16(15)2)28-14-22(26)24-25-23(27)17(3)29-21-11-9-18-6-4-5-7-19(18)13-21/h4-13,17H,14H2,1-3H3,(H,24,26)(H,25,27). The summed E-state index contributed by atoms with van der Waals surface area (Å²) in [6.45, 7) is 5.38. The lowest BCUT2D eigenvalue weighted by Gasteiger charge is -2.16. The largest absolute Gasteiger partial charge is 0.484 e. The number of nitrogens with one attached hydrogen (secondary N) is 2. The van der Waals surface area contributed by atoms with Gasteiger partial charge in [0.2, 0.25) is 0 Å². The van der Waals surface area contributed by atoms with Gasteiger partial charge in [0.05, 0.1) is 0 Å². The Morgan fingerprint density at radius 2 is 1.59 bits per heavy atom. The number of rotatable bonds is 6. The van der Waals surface area contributed by atoms with Gasteiger partial charge in [0.25, 0.3) is 11.8 Å². The first-order valence-electron chi connectivity index (χ1n) is 9.36. The van der Waals surface area contributed by atoms with E-state index in [-0.39, 0.29) is 6.61 Å². The molecule has 1 unspecified atom stereocenters. The molecule has 1 atom stereocenters. The van der Waals surface area contributed by atoms with Crippen LogP contribution < -0.4 is 20.3 Å². The molecule has 0 aliphatic heterocycles. The maximum atomic E-state index is 12.2. The van der Waals surface area contributed by atoms with Crippen LogP contribution in [0.3, 0.4) is 0 Å². The van der Waals surface area contributed by atoms with E-state index < -0.39 is 17.9 Å². The second-order valence-electron chi connectivity index (χ2n) is 6.84. The van der Waals surface area contributed by atoms with Crippen molar-refractivity contribution in [2.24, 2.45) is 0 Å². The number of benzene rings is 3. The van der Waals surface area contributed by atoms with Crippen molar-refractivity contribution < 1.29 is 19.1 Å². The van der Waals surface area contributed by atoms with E-state index in [0.717, 1.165) is 21.9 Å². The summed E-state index contributed by atoms with van der Waals surface area (Å²) in [5, 5.41) is 2.11. The zero-order valence-corrected chi connectivity index (χ0v) is 16.7. The number of hydrogen-bond acceptors (Lipinski definition) is 4. The number of amides is 2. The molecule has 0 saturated heterocycles. The molecule has 2 amide bonds. The number of hydrogen-bond donors (Lipinski definition) is 2. The molecule has 0 aromatic heterocycles. The van der Waals surface area contributed by atoms with E-state index in [2.05, 4.69) is 10.9 Å². The first kappa shape index (κ1) is 20.2. The second kappa shape index (κ2) is 9.10. The number of fused-ring (bicyclic) bond motifs is 1. The fourth-order valence-corrected chi connectivity index (χ4v) is 2.72. The lowest BCUT2D eigenvalue weighted by atomic mass is 10.1. The minimum atomic E-state index is -0.780. The third-order valence-electron chi connectivity index (χ3n) is 4.58. The molecule has 6 nitrogen and oxygen atoms in total. The third kappa shape index (κ3) is 5.48. The number of aryl methyl sites for hydroxylation is 2. The predicted octanol–water partition coefficient (Wildman–Crippen LogP) is 3.45. The summed E-state index contributed by atoms with van der Waals surface area (Å²) in [6, 6.07) is 19.1. The normalized spacial score (nSPS) is 11.6. The maximum absolute atomic E-state index is 12.2. The van der Waals surface area contributed by atoms with Gasteiger partial charge >= 0.3 is 0 Å². The van der Waals surface area contributed by atoms with Crippen LogP contribution in [0.2, 0.25) is 0 Å². The zero-order chi connectivity index (χ0) is 20.8. The van der Waals surface area contributed by atoms with Crippen LogP contribution in [-0.4, -0.2) is 24.5 Å². The van der Waals surface area contributed by atoms with Crippen LogP contribution in [0.4, 0.5) is 0 Å². The Hall–Kier alpha value is -3.54. The van der Waals surface area contributed by atoms with Gasteiger partial charge in [-0.2, -0.15) is 0 Å². The first-order valence-corrected chi connectivity index (χ1v) is 9.36. The van der Waals surface area contributed by atoms with Gasteiger partial charge in [0, 0.05) is 0 Å². The summed E-state index contributed by atoms with van der Waals surface area (Å²) in [7, 11) is 0. The topological polar surface area (TPSA) is 76.7 Å². The molecule has 2 N–H and O–H groups in total. The summed E-state index contributed by atoms with van der Waals surface area (Å²) >= 11 is 0. The molecular weight excluding hydrogens is 368 g/mol. The lowest BCUT2D eigenvalue weighted by Crippen LogP contribution is -2.48. The molecule has 3 aromatic carbocycles. The van der Waals surface area contributed by atoms with Crippen LogP contribution >= 0.6 is 0 Å². The predicted molar refractivity (Wildman–Crippen MR) is 112 cm³/mol. The first-order chi connectivity index (χ1) is 13.9. The third-order valence-corrected chi connectivity index (χ3v) is 4.58. The lowest BCUT2D eigenvalue weighted by molar-refractivity contribution is -0.133. The van der Waals surface area contributed by atoms with Crippen molar-refractivity contribution in [2.45, 2.75) is 26.9 Å². The van der Waals surface area contributed by atoms with Gasteiger partial charge in [0.15, 0.2) is 12.7 Å². The summed E-state index contributed by atoms with van der Waals surface area (Å²) in [5.74, 6) is 0.255. The van der Waals surface area contributed by atoms with E-state index >= 15 is 0 Å². The molecule has 29 heavy (non-hydrogen) atoms. The molecule has 6 heteroatoms. The van der Waals surface area contributed by atoms with Crippen LogP contribution in [0.5, 0.6) is 11.5 Å². The molecule has 0 aliphatic rings. The number of carbonyl (C=O) groups excluding carboxylic acids is 2. The maximum Gasteiger partial charge on any atom is 0.279 e. The second-order valence-corrected chi connectivity index (χ2v) is 6.84. The molecule has 3 aromatic rings. The van der Waals surface area contributed by atoms with E-state index in [1.54, 1.807) is 13.0 Å². The molecule has 3 rings (SSSR count). The molecule has 0 heterocycles. The fourth-order valence-electron chi connectivity index (χ4n) is 2.72. The summed E-state index contributed by atoms with van der Waals surface area (Å²) < 4.78 is 11.1. The molecule has 0 radical (unpaired) electrons. The highest BCUT2D eigenvalue weighted by Gasteiger charge is 2.16. The highest BCUT2D eigenvalue weighted by molar-refractivity contribution is 5.86. The van der Waals surface area contributed by atoms with E-state index in [1.807, 2.05) is 68.4 Å². The molecular formula is C23H24N2O4. The molecule has 150 valence electrons. The Labute approximate surface area is 169 Å². The minimum absolute atomic E-state index is 0.206. The van der Waals surface area contributed by atoms with Gasteiger partial charge in [-0.3, -0.25) is 20.4 Å². The van der Waals surface area contributed by atoms with Crippen molar-refractivity contribution in [3.05, 3.63) is 71.8 Å². The van der Waals surface area contributed by atoms with E-state index in [0.29, 0.717) is 11.5 Å². The van der Waals surface area contributed by atoms with Crippen LogP contribution in [0.1, 0.15) is 18.1 Å². The van der Waals surface area contributed by atoms with Crippen molar-refractivity contribution in [1.29, 1.82) is 0 Å². The van der Waals surface area contributed by atoms with Crippen molar-refractivity contribution >= 4 is 22.6 Å². The summed E-state index contributed by atoms with van der Waals surface area (Å²) in [5.41, 5.74) is 6.91. The number of hydrazine groups is 1. The Balaban J connectivity index is 1.46. The zero-order valence-electron chi connectivity index (χ0n) is 16.7. The van der Waals surface area contributed by atoms with Gasteiger partial charge in [-0.15, -0.1) is 0 Å². The monoisotopic (exact) mass is 392 g/mol. The highest BCUT2D eigenvalue weighted by atomic mass is 16.5. The molecule has 0 bridgehead atoms. The molecule has 0 fully saturated rings. The Kier molecular flexibility index (Phi) is 6.34. The van der Waals surface area contributed by atoms with Crippen LogP contribution in [0.15, 0.2) is 60.7 Å². The molecule has 0 aliphatic carbocycles. The highest BCUT2D eigenvalue weighted by Crippen LogP contribution is 2.21. The van der Waals surface area contributed by atoms with Crippen LogP contribution in [-0.2, 0) is 9.59 Å². The van der Waals surface area contributed by atoms with E-state index in [4.69, 9.17) is 9.47 Å². The average molecular weight is 392 g/mol. The van der Waals surface area contributed by atoms with Crippen molar-refractivity contribution in [3.8, 4) is 11.5 Å². The summed E-state index contributed by atoms with van der Waals surface area (Å²) in [6.07, 6.45) is -0.780. The quantitative estimate of drug-likeness (QED) is 0.630. The van der Waals surface area contributed by atoms with Gasteiger partial charge in [-0.25, -0.2) is 0 Å². The van der Waals surface area contributed by atoms with Crippen molar-refractivity contribution in [1.82, 2.24) is 10.9 Å². The Morgan fingerprint density at radius 1 is 0.862 bits per heavy atom. The average Bonchev–Trinajstić information content (AvgIpc) is 2.72. The summed E-state index contributed by atoms with van der Waals surface area (Å²) in [4.78, 5) is 24.1. The number of carbonyl (C=O) groups is 2. The SMILES string of the molecule is Cc1ccc(OCC(=O)NNC(=O)C(C)Oc2ccc3ccccc3c2)cc1C. The smallest absolute Gasteiger partial charge is 0.279 e. The van der Waals surface area contributed by atoms with Crippen molar-refractivity contribution in [3.63, 3.8) is 0 Å². The van der Waals surface area contributed by atoms with Gasteiger partial charge in [-0.05, 0) is 66.9 Å². The van der Waals surface area contributed by atoms with Crippen LogP contribution in [0, 0.1) is 13.8 Å². The van der Waals surface area contributed by atoms with E-state index in [1.165, 1.54) is 0 Å². The molecule has 0 spiro atoms. The van der Waals surface area contributed by atoms with Crippen molar-refractivity contribution in [2.75, 3.05) is 6.61 Å². The Morgan fingerprint density at radius 3 is 2.34 bits per heavy atom. The number of ether oxygens (including phenoxy) is 2. The van der Waals surface area contributed by atoms with Gasteiger partial charge < -0.3 is 9.47 Å². The van der Waals surface area contributed by atoms with Crippen LogP contribution in [0.25, 0.3) is 10.8 Å². The fraction of sp³-hybridized carbons (Fsp3) is 0.217. The minimum Gasteiger partial charge on any atom is -0.484 e. The van der Waals surface area contributed by atoms with E-state index in [9.17, 15) is 9.59 Å². The van der Waals surface area contributed by atoms with Gasteiger partial charge in [-0.1, -0.05) is 36.4 Å². The van der Waals surface area contributed by atoms with Gasteiger partial charge in [0.1, 0.15) is 11.5 Å².